The lowest BCUT2D eigenvalue weighted by Crippen LogP contribution is -2.31. The molecule has 0 saturated heterocycles. The molecular formula is C20H25NO. The van der Waals surface area contributed by atoms with Crippen molar-refractivity contribution in [1.82, 2.24) is 5.32 Å². The Kier molecular flexibility index (Phi) is 5.12. The fourth-order valence-corrected chi connectivity index (χ4v) is 3.07. The Morgan fingerprint density at radius 2 is 1.91 bits per heavy atom. The molecule has 0 amide bonds. The number of fused-ring (bicyclic) bond motifs is 1. The fourth-order valence-electron chi connectivity index (χ4n) is 3.07. The highest BCUT2D eigenvalue weighted by Gasteiger charge is 2.19. The van der Waals surface area contributed by atoms with E-state index in [4.69, 9.17) is 4.74 Å². The molecule has 1 atom stereocenters. The topological polar surface area (TPSA) is 21.3 Å². The van der Waals surface area contributed by atoms with E-state index in [1.54, 1.807) is 0 Å². The molecule has 3 rings (SSSR count). The first kappa shape index (κ1) is 15.1. The molecule has 0 aliphatic carbocycles. The molecule has 1 aliphatic rings. The minimum Gasteiger partial charge on any atom is -0.494 e. The molecule has 1 heterocycles. The second-order valence-electron chi connectivity index (χ2n) is 6.01. The largest absolute Gasteiger partial charge is 0.494 e. The van der Waals surface area contributed by atoms with E-state index >= 15 is 0 Å². The van der Waals surface area contributed by atoms with Crippen LogP contribution in [0.3, 0.4) is 0 Å². The molecule has 1 aliphatic heterocycles. The van der Waals surface area contributed by atoms with E-state index in [0.29, 0.717) is 6.04 Å². The lowest BCUT2D eigenvalue weighted by atomic mass is 9.90. The van der Waals surface area contributed by atoms with E-state index in [1.807, 2.05) is 0 Å². The van der Waals surface area contributed by atoms with Gasteiger partial charge in [0.2, 0.25) is 0 Å². The Bertz CT molecular complexity index is 591. The third-order valence-electron chi connectivity index (χ3n) is 4.35. The van der Waals surface area contributed by atoms with Crippen LogP contribution in [0.25, 0.3) is 0 Å². The van der Waals surface area contributed by atoms with E-state index in [9.17, 15) is 0 Å². The molecule has 116 valence electrons. The van der Waals surface area contributed by atoms with E-state index < -0.39 is 0 Å². The average molecular weight is 295 g/mol. The first-order valence-electron chi connectivity index (χ1n) is 8.39. The highest BCUT2D eigenvalue weighted by atomic mass is 16.5. The van der Waals surface area contributed by atoms with Gasteiger partial charge in [0, 0.05) is 6.04 Å². The molecule has 0 fully saturated rings. The zero-order valence-corrected chi connectivity index (χ0v) is 13.3. The molecule has 1 unspecified atom stereocenters. The molecule has 0 spiro atoms. The molecular weight excluding hydrogens is 270 g/mol. The van der Waals surface area contributed by atoms with Crippen LogP contribution < -0.4 is 10.1 Å². The lowest BCUT2D eigenvalue weighted by molar-refractivity contribution is 0.309. The molecule has 2 heteroatoms. The second-order valence-corrected chi connectivity index (χ2v) is 6.01. The third kappa shape index (κ3) is 3.69. The van der Waals surface area contributed by atoms with Gasteiger partial charge in [-0.15, -0.1) is 0 Å². The maximum absolute atomic E-state index is 5.73. The van der Waals surface area contributed by atoms with Gasteiger partial charge in [-0.25, -0.2) is 0 Å². The van der Waals surface area contributed by atoms with Crippen molar-refractivity contribution in [2.45, 2.75) is 38.6 Å². The van der Waals surface area contributed by atoms with Crippen LogP contribution in [0.4, 0.5) is 0 Å². The van der Waals surface area contributed by atoms with E-state index in [1.165, 1.54) is 23.1 Å². The van der Waals surface area contributed by atoms with Crippen LogP contribution in [0.15, 0.2) is 48.5 Å². The third-order valence-corrected chi connectivity index (χ3v) is 4.35. The minimum atomic E-state index is 0.428. The highest BCUT2D eigenvalue weighted by molar-refractivity contribution is 5.35. The maximum Gasteiger partial charge on any atom is 0.119 e. The number of benzene rings is 2. The van der Waals surface area contributed by atoms with Crippen LogP contribution in [0.5, 0.6) is 5.75 Å². The predicted octanol–water partition coefficient (Wildman–Crippen LogP) is 4.30. The van der Waals surface area contributed by atoms with Crippen molar-refractivity contribution in [3.8, 4) is 5.75 Å². The molecule has 22 heavy (non-hydrogen) atoms. The van der Waals surface area contributed by atoms with Crippen molar-refractivity contribution < 1.29 is 4.74 Å². The summed E-state index contributed by atoms with van der Waals surface area (Å²) in [6.45, 7) is 4.06. The molecule has 0 radical (unpaired) electrons. The molecule has 1 N–H and O–H groups in total. The quantitative estimate of drug-likeness (QED) is 0.802. The molecule has 0 aromatic heterocycles. The Labute approximate surface area is 133 Å². The monoisotopic (exact) mass is 295 g/mol. The summed E-state index contributed by atoms with van der Waals surface area (Å²) in [6.07, 6.45) is 4.46. The zero-order chi connectivity index (χ0) is 15.2. The van der Waals surface area contributed by atoms with Crippen molar-refractivity contribution in [1.29, 1.82) is 0 Å². The van der Waals surface area contributed by atoms with Gasteiger partial charge in [-0.1, -0.05) is 49.7 Å². The van der Waals surface area contributed by atoms with Crippen LogP contribution in [0.2, 0.25) is 0 Å². The Hall–Kier alpha value is -1.80. The number of ether oxygens (including phenoxy) is 1. The van der Waals surface area contributed by atoms with Gasteiger partial charge in [-0.05, 0) is 54.6 Å². The molecule has 2 nitrogen and oxygen atoms in total. The maximum atomic E-state index is 5.73. The SMILES string of the molecule is CCCCOc1ccc(CC2NCCc3ccccc32)cc1. The van der Waals surface area contributed by atoms with Crippen molar-refractivity contribution in [2.24, 2.45) is 0 Å². The zero-order valence-electron chi connectivity index (χ0n) is 13.3. The van der Waals surface area contributed by atoms with E-state index in [-0.39, 0.29) is 0 Å². The van der Waals surface area contributed by atoms with Gasteiger partial charge < -0.3 is 10.1 Å². The summed E-state index contributed by atoms with van der Waals surface area (Å²) >= 11 is 0. The van der Waals surface area contributed by atoms with Crippen LogP contribution in [-0.2, 0) is 12.8 Å². The Morgan fingerprint density at radius 1 is 1.09 bits per heavy atom. The highest BCUT2D eigenvalue weighted by Crippen LogP contribution is 2.26. The minimum absolute atomic E-state index is 0.428. The first-order chi connectivity index (χ1) is 10.9. The van der Waals surface area contributed by atoms with Gasteiger partial charge in [0.1, 0.15) is 5.75 Å². The van der Waals surface area contributed by atoms with Crippen LogP contribution >= 0.6 is 0 Å². The van der Waals surface area contributed by atoms with Crippen molar-refractivity contribution in [3.05, 3.63) is 65.2 Å². The van der Waals surface area contributed by atoms with Crippen molar-refractivity contribution in [2.75, 3.05) is 13.2 Å². The first-order valence-corrected chi connectivity index (χ1v) is 8.39. The summed E-state index contributed by atoms with van der Waals surface area (Å²) in [5.74, 6) is 0.981. The lowest BCUT2D eigenvalue weighted by Gasteiger charge is -2.27. The summed E-state index contributed by atoms with van der Waals surface area (Å²) < 4.78 is 5.73. The predicted molar refractivity (Wildman–Crippen MR) is 91.4 cm³/mol. The van der Waals surface area contributed by atoms with Gasteiger partial charge in [0.05, 0.1) is 6.61 Å². The van der Waals surface area contributed by atoms with Crippen molar-refractivity contribution in [3.63, 3.8) is 0 Å². The van der Waals surface area contributed by atoms with E-state index in [2.05, 4.69) is 60.8 Å². The standard InChI is InChI=1S/C20H25NO/c1-2-3-14-22-18-10-8-16(9-11-18)15-20-19-7-5-4-6-17(19)12-13-21-20/h4-11,20-21H,2-3,12-15H2,1H3. The number of hydrogen-bond acceptors (Lipinski definition) is 2. The molecule has 2 aromatic rings. The van der Waals surface area contributed by atoms with Gasteiger partial charge >= 0.3 is 0 Å². The Balaban J connectivity index is 1.64. The van der Waals surface area contributed by atoms with Gasteiger partial charge in [0.25, 0.3) is 0 Å². The number of rotatable bonds is 6. The molecule has 2 aromatic carbocycles. The fraction of sp³-hybridized carbons (Fsp3) is 0.400. The van der Waals surface area contributed by atoms with Gasteiger partial charge in [0.15, 0.2) is 0 Å². The number of hydrogen-bond donors (Lipinski definition) is 1. The molecule has 0 bridgehead atoms. The van der Waals surface area contributed by atoms with Gasteiger partial charge in [-0.2, -0.15) is 0 Å². The normalized spacial score (nSPS) is 17.0. The summed E-state index contributed by atoms with van der Waals surface area (Å²) in [5.41, 5.74) is 4.31. The van der Waals surface area contributed by atoms with Crippen LogP contribution in [-0.4, -0.2) is 13.2 Å². The second kappa shape index (κ2) is 7.46. The van der Waals surface area contributed by atoms with Gasteiger partial charge in [-0.3, -0.25) is 0 Å². The number of nitrogens with one attached hydrogen (secondary N) is 1. The molecule has 0 saturated carbocycles. The van der Waals surface area contributed by atoms with Crippen LogP contribution in [0.1, 0.15) is 42.5 Å². The Morgan fingerprint density at radius 3 is 2.73 bits per heavy atom. The van der Waals surface area contributed by atoms with Crippen LogP contribution in [0, 0.1) is 0 Å². The summed E-state index contributed by atoms with van der Waals surface area (Å²) in [7, 11) is 0. The smallest absolute Gasteiger partial charge is 0.119 e. The van der Waals surface area contributed by atoms with Crippen molar-refractivity contribution >= 4 is 0 Å². The summed E-state index contributed by atoms with van der Waals surface area (Å²) in [4.78, 5) is 0. The average Bonchev–Trinajstić information content (AvgIpc) is 2.57. The number of unbranched alkanes of at least 4 members (excludes halogenated alkanes) is 1. The summed E-state index contributed by atoms with van der Waals surface area (Å²) in [5, 5.41) is 3.65. The summed E-state index contributed by atoms with van der Waals surface area (Å²) in [6, 6.07) is 17.8. The van der Waals surface area contributed by atoms with E-state index in [0.717, 1.165) is 38.2 Å².